The van der Waals surface area contributed by atoms with Gasteiger partial charge in [-0.1, -0.05) is 0 Å². The molecule has 0 radical (unpaired) electrons. The number of nitrogens with two attached hydrogens (primary N) is 2. The Kier molecular flexibility index (Phi) is 3.09. The molecule has 1 aromatic rings. The lowest BCUT2D eigenvalue weighted by atomic mass is 10.0. The van der Waals surface area contributed by atoms with Gasteiger partial charge in [0.05, 0.1) is 11.4 Å². The van der Waals surface area contributed by atoms with Crippen molar-refractivity contribution in [3.05, 3.63) is 22.8 Å². The summed E-state index contributed by atoms with van der Waals surface area (Å²) in [7, 11) is 0. The number of halogens is 8. The second kappa shape index (κ2) is 3.89. The monoisotopic (exact) mass is 280 g/mol. The Morgan fingerprint density at radius 2 is 1.00 bits per heavy atom. The van der Waals surface area contributed by atoms with Gasteiger partial charge in [-0.05, 0) is 0 Å². The largest absolute Gasteiger partial charge is 0.422 e. The number of hydrogen-bond acceptors (Lipinski definition) is 2. The van der Waals surface area contributed by atoms with Gasteiger partial charge in [0.2, 0.25) is 0 Å². The van der Waals surface area contributed by atoms with Gasteiger partial charge in [0.15, 0.2) is 11.6 Å². The number of hydrogen-bond donors (Lipinski definition) is 2. The Labute approximate surface area is 94.2 Å². The second-order valence-corrected chi connectivity index (χ2v) is 3.20. The maximum Gasteiger partial charge on any atom is 0.422 e. The van der Waals surface area contributed by atoms with E-state index >= 15 is 0 Å². The second-order valence-electron chi connectivity index (χ2n) is 3.20. The molecule has 0 aliphatic rings. The van der Waals surface area contributed by atoms with E-state index in [1.807, 2.05) is 0 Å². The summed E-state index contributed by atoms with van der Waals surface area (Å²) >= 11 is 0. The SMILES string of the molecule is Nc1c(N)c(C(F)(F)F)c(F)c(C(F)(F)F)c1F. The Morgan fingerprint density at radius 3 is 1.33 bits per heavy atom. The fourth-order valence-electron chi connectivity index (χ4n) is 1.25. The molecular formula is C8H4F8N2. The van der Waals surface area contributed by atoms with E-state index in [1.54, 1.807) is 0 Å². The summed E-state index contributed by atoms with van der Waals surface area (Å²) in [5, 5.41) is 0. The minimum absolute atomic E-state index is 1.60. The first-order chi connectivity index (χ1) is 7.89. The van der Waals surface area contributed by atoms with E-state index in [0.29, 0.717) is 0 Å². The summed E-state index contributed by atoms with van der Waals surface area (Å²) in [6.45, 7) is 0. The third-order valence-corrected chi connectivity index (χ3v) is 2.02. The summed E-state index contributed by atoms with van der Waals surface area (Å²) < 4.78 is 99.9. The van der Waals surface area contributed by atoms with Crippen molar-refractivity contribution in [1.29, 1.82) is 0 Å². The first-order valence-electron chi connectivity index (χ1n) is 4.09. The zero-order chi connectivity index (χ0) is 14.5. The normalized spacial score (nSPS) is 12.9. The van der Waals surface area contributed by atoms with Gasteiger partial charge in [0.25, 0.3) is 0 Å². The molecule has 0 aromatic heterocycles. The molecule has 1 rings (SSSR count). The van der Waals surface area contributed by atoms with Crippen LogP contribution in [0.1, 0.15) is 11.1 Å². The number of rotatable bonds is 0. The molecule has 0 saturated carbocycles. The van der Waals surface area contributed by atoms with Crippen LogP contribution in [0.2, 0.25) is 0 Å². The topological polar surface area (TPSA) is 52.0 Å². The minimum Gasteiger partial charge on any atom is -0.396 e. The third kappa shape index (κ3) is 2.14. The molecule has 102 valence electrons. The van der Waals surface area contributed by atoms with Crippen LogP contribution in [0, 0.1) is 11.6 Å². The van der Waals surface area contributed by atoms with Crippen LogP contribution in [0.15, 0.2) is 0 Å². The van der Waals surface area contributed by atoms with Crippen molar-refractivity contribution in [1.82, 2.24) is 0 Å². The molecule has 0 aliphatic heterocycles. The van der Waals surface area contributed by atoms with E-state index in [2.05, 4.69) is 5.73 Å². The minimum atomic E-state index is -5.67. The number of benzene rings is 1. The van der Waals surface area contributed by atoms with Crippen molar-refractivity contribution < 1.29 is 35.1 Å². The highest BCUT2D eigenvalue weighted by atomic mass is 19.4. The smallest absolute Gasteiger partial charge is 0.396 e. The highest BCUT2D eigenvalue weighted by Gasteiger charge is 2.46. The maximum absolute atomic E-state index is 13.2. The number of alkyl halides is 6. The molecule has 4 N–H and O–H groups in total. The highest BCUT2D eigenvalue weighted by molar-refractivity contribution is 5.71. The predicted molar refractivity (Wildman–Crippen MR) is 45.2 cm³/mol. The van der Waals surface area contributed by atoms with Gasteiger partial charge in [0, 0.05) is 0 Å². The van der Waals surface area contributed by atoms with Gasteiger partial charge in [-0.15, -0.1) is 0 Å². The summed E-state index contributed by atoms with van der Waals surface area (Å²) in [6, 6.07) is 0. The van der Waals surface area contributed by atoms with Crippen molar-refractivity contribution in [3.8, 4) is 0 Å². The molecule has 0 heterocycles. The van der Waals surface area contributed by atoms with Crippen LogP contribution in [-0.2, 0) is 12.4 Å². The van der Waals surface area contributed by atoms with Crippen molar-refractivity contribution in [3.63, 3.8) is 0 Å². The molecular weight excluding hydrogens is 276 g/mol. The van der Waals surface area contributed by atoms with Crippen LogP contribution in [0.3, 0.4) is 0 Å². The van der Waals surface area contributed by atoms with E-state index in [4.69, 9.17) is 5.73 Å². The third-order valence-electron chi connectivity index (χ3n) is 2.02. The molecule has 0 bridgehead atoms. The zero-order valence-electron chi connectivity index (χ0n) is 8.18. The van der Waals surface area contributed by atoms with Crippen LogP contribution < -0.4 is 11.5 Å². The van der Waals surface area contributed by atoms with E-state index in [9.17, 15) is 35.1 Å². The van der Waals surface area contributed by atoms with E-state index in [1.165, 1.54) is 0 Å². The van der Waals surface area contributed by atoms with Crippen LogP contribution in [-0.4, -0.2) is 0 Å². The summed E-state index contributed by atoms with van der Waals surface area (Å²) in [5.74, 6) is -5.20. The Bertz CT molecular complexity index is 446. The Morgan fingerprint density at radius 1 is 0.611 bits per heavy atom. The van der Waals surface area contributed by atoms with Gasteiger partial charge < -0.3 is 11.5 Å². The molecule has 0 atom stereocenters. The molecule has 0 unspecified atom stereocenters. The summed E-state index contributed by atoms with van der Waals surface area (Å²) in [6.07, 6.45) is -11.2. The molecule has 2 nitrogen and oxygen atoms in total. The maximum atomic E-state index is 13.2. The van der Waals surface area contributed by atoms with Crippen molar-refractivity contribution in [2.45, 2.75) is 12.4 Å². The fourth-order valence-corrected chi connectivity index (χ4v) is 1.25. The lowest BCUT2D eigenvalue weighted by Crippen LogP contribution is -2.21. The average Bonchev–Trinajstić information content (AvgIpc) is 2.09. The van der Waals surface area contributed by atoms with Crippen molar-refractivity contribution >= 4 is 11.4 Å². The van der Waals surface area contributed by atoms with Crippen LogP contribution in [0.5, 0.6) is 0 Å². The van der Waals surface area contributed by atoms with Crippen molar-refractivity contribution in [2.75, 3.05) is 11.5 Å². The standard InChI is InChI=1S/C8H4F8N2/c9-3-1(7(11,12)13)4(10)6(18)5(17)2(3)8(14,15)16/h17-18H2. The number of anilines is 2. The molecule has 0 spiro atoms. The van der Waals surface area contributed by atoms with Crippen molar-refractivity contribution in [2.24, 2.45) is 0 Å². The Hall–Kier alpha value is -1.74. The van der Waals surface area contributed by atoms with Gasteiger partial charge in [-0.2, -0.15) is 26.3 Å². The Balaban J connectivity index is 3.83. The van der Waals surface area contributed by atoms with Gasteiger partial charge >= 0.3 is 12.4 Å². The molecule has 0 amide bonds. The first kappa shape index (κ1) is 14.3. The lowest BCUT2D eigenvalue weighted by molar-refractivity contribution is -0.148. The molecule has 10 heteroatoms. The van der Waals surface area contributed by atoms with Crippen LogP contribution >= 0.6 is 0 Å². The number of nitrogen functional groups attached to an aromatic ring is 2. The van der Waals surface area contributed by atoms with E-state index < -0.39 is 46.5 Å². The van der Waals surface area contributed by atoms with Gasteiger partial charge in [0.1, 0.15) is 11.1 Å². The van der Waals surface area contributed by atoms with Gasteiger partial charge in [-0.3, -0.25) is 0 Å². The molecule has 1 aromatic carbocycles. The summed E-state index contributed by atoms with van der Waals surface area (Å²) in [5.41, 5.74) is 0.991. The highest BCUT2D eigenvalue weighted by Crippen LogP contribution is 2.45. The van der Waals surface area contributed by atoms with E-state index in [-0.39, 0.29) is 0 Å². The molecule has 0 saturated heterocycles. The van der Waals surface area contributed by atoms with Crippen LogP contribution in [0.4, 0.5) is 46.5 Å². The van der Waals surface area contributed by atoms with Crippen LogP contribution in [0.25, 0.3) is 0 Å². The van der Waals surface area contributed by atoms with Gasteiger partial charge in [-0.25, -0.2) is 8.78 Å². The fraction of sp³-hybridized carbons (Fsp3) is 0.250. The average molecular weight is 280 g/mol. The first-order valence-corrected chi connectivity index (χ1v) is 4.09. The summed E-state index contributed by atoms with van der Waals surface area (Å²) in [4.78, 5) is 0. The molecule has 18 heavy (non-hydrogen) atoms. The van der Waals surface area contributed by atoms with E-state index in [0.717, 1.165) is 0 Å². The molecule has 0 fully saturated rings. The lowest BCUT2D eigenvalue weighted by Gasteiger charge is -2.18. The zero-order valence-corrected chi connectivity index (χ0v) is 8.18. The quantitative estimate of drug-likeness (QED) is 0.566. The predicted octanol–water partition coefficient (Wildman–Crippen LogP) is 3.17. The molecule has 0 aliphatic carbocycles.